The maximum atomic E-state index is 6.73. The fraction of sp³-hybridized carbons (Fsp3) is 0.180. The number of hydrogen-bond acceptors (Lipinski definition) is 2. The Morgan fingerprint density at radius 2 is 0.921 bits per heavy atom. The Hall–Kier alpha value is -6.90. The Kier molecular flexibility index (Phi) is 8.70. The predicted octanol–water partition coefficient (Wildman–Crippen LogP) is 17.9. The largest absolute Gasteiger partial charge is 0.454 e. The molecule has 0 atom stereocenters. The minimum Gasteiger partial charge on any atom is -0.454 e. The second-order valence-electron chi connectivity index (χ2n) is 20.1. The van der Waals surface area contributed by atoms with Crippen molar-refractivity contribution in [1.29, 1.82) is 0 Å². The average Bonchev–Trinajstić information content (AvgIpc) is 3.65. The van der Waals surface area contributed by atoms with Crippen LogP contribution in [0.3, 0.4) is 0 Å². The number of benzene rings is 9. The van der Waals surface area contributed by atoms with E-state index in [9.17, 15) is 0 Å². The molecule has 63 heavy (non-hydrogen) atoms. The standard InChI is InChI=1S/C61H53NO/c1-36-14-15-37(2)56(28-36)62(58-38(3)16-27-49-48-12-10-11-13-57(48)63-59(49)58)47-26-21-41-30-52-53(33-42(41)29-47)55-35-44-32-51(40-19-24-46(25-20-40)61(7,8)9)50(31-43(44)34-54(52)55)39-17-22-45(23-18-39)60(4,5)6/h10-35H,1-9H3. The minimum absolute atomic E-state index is 0.0908. The van der Waals surface area contributed by atoms with Crippen LogP contribution < -0.4 is 4.90 Å². The molecule has 0 radical (unpaired) electrons. The molecule has 0 unspecified atom stereocenters. The van der Waals surface area contributed by atoms with E-state index in [1.165, 1.54) is 88.3 Å². The molecule has 0 saturated carbocycles. The van der Waals surface area contributed by atoms with Gasteiger partial charge in [-0.25, -0.2) is 0 Å². The molecular formula is C61H53NO. The molecule has 1 aliphatic carbocycles. The van der Waals surface area contributed by atoms with Gasteiger partial charge in [0.25, 0.3) is 0 Å². The highest BCUT2D eigenvalue weighted by atomic mass is 16.3. The van der Waals surface area contributed by atoms with Gasteiger partial charge in [0.15, 0.2) is 5.58 Å². The zero-order valence-electron chi connectivity index (χ0n) is 37.9. The maximum Gasteiger partial charge on any atom is 0.159 e. The highest BCUT2D eigenvalue weighted by Crippen LogP contribution is 2.52. The van der Waals surface area contributed by atoms with E-state index in [1.807, 2.05) is 0 Å². The van der Waals surface area contributed by atoms with E-state index < -0.39 is 0 Å². The maximum absolute atomic E-state index is 6.73. The average molecular weight is 816 g/mol. The number of fused-ring (bicyclic) bond motifs is 9. The van der Waals surface area contributed by atoms with Crippen LogP contribution in [0.15, 0.2) is 162 Å². The third kappa shape index (κ3) is 6.46. The summed E-state index contributed by atoms with van der Waals surface area (Å²) >= 11 is 0. The monoisotopic (exact) mass is 815 g/mol. The fourth-order valence-electron chi connectivity index (χ4n) is 9.88. The van der Waals surface area contributed by atoms with Gasteiger partial charge in [-0.3, -0.25) is 0 Å². The molecule has 2 nitrogen and oxygen atoms in total. The molecule has 0 saturated heterocycles. The number of furan rings is 1. The Morgan fingerprint density at radius 1 is 0.413 bits per heavy atom. The van der Waals surface area contributed by atoms with Crippen LogP contribution in [-0.4, -0.2) is 0 Å². The molecule has 0 spiro atoms. The number of rotatable bonds is 5. The van der Waals surface area contributed by atoms with Gasteiger partial charge in [0.2, 0.25) is 0 Å². The first-order chi connectivity index (χ1) is 30.2. The molecule has 0 bridgehead atoms. The summed E-state index contributed by atoms with van der Waals surface area (Å²) in [5.74, 6) is 0. The smallest absolute Gasteiger partial charge is 0.159 e. The molecule has 1 heterocycles. The first-order valence-corrected chi connectivity index (χ1v) is 22.4. The summed E-state index contributed by atoms with van der Waals surface area (Å²) in [6, 6.07) is 59.5. The van der Waals surface area contributed by atoms with Gasteiger partial charge in [-0.15, -0.1) is 0 Å². The highest BCUT2D eigenvalue weighted by molar-refractivity contribution is 6.14. The quantitative estimate of drug-likeness (QED) is 0.172. The second-order valence-corrected chi connectivity index (χ2v) is 20.1. The number of nitrogens with zero attached hydrogens (tertiary/aromatic N) is 1. The van der Waals surface area contributed by atoms with Crippen LogP contribution in [0.5, 0.6) is 0 Å². The fourth-order valence-corrected chi connectivity index (χ4v) is 9.88. The molecule has 2 heteroatoms. The number of anilines is 3. The van der Waals surface area contributed by atoms with Crippen LogP contribution >= 0.6 is 0 Å². The first kappa shape index (κ1) is 39.0. The SMILES string of the molecule is Cc1ccc(C)c(N(c2ccc3cc4c(cc3c2)-c2cc3cc(-c5ccc(C(C)(C)C)cc5)c(-c5ccc(C(C)(C)C)cc5)cc3cc2-4)c2c(C)ccc3c2oc2ccccc23)c1. The van der Waals surface area contributed by atoms with Crippen molar-refractivity contribution in [2.24, 2.45) is 0 Å². The summed E-state index contributed by atoms with van der Waals surface area (Å²) in [5.41, 5.74) is 21.9. The lowest BCUT2D eigenvalue weighted by atomic mass is 9.77. The van der Waals surface area contributed by atoms with Gasteiger partial charge in [0.05, 0.1) is 5.69 Å². The molecule has 9 aromatic carbocycles. The molecule has 308 valence electrons. The number of para-hydroxylation sites is 1. The summed E-state index contributed by atoms with van der Waals surface area (Å²) in [7, 11) is 0. The van der Waals surface area contributed by atoms with Crippen molar-refractivity contribution in [1.82, 2.24) is 0 Å². The van der Waals surface area contributed by atoms with Gasteiger partial charge in [-0.2, -0.15) is 0 Å². The first-order valence-electron chi connectivity index (χ1n) is 22.4. The van der Waals surface area contributed by atoms with E-state index in [1.54, 1.807) is 0 Å². The van der Waals surface area contributed by atoms with E-state index in [0.29, 0.717) is 0 Å². The van der Waals surface area contributed by atoms with E-state index in [0.717, 1.165) is 44.6 Å². The van der Waals surface area contributed by atoms with Gasteiger partial charge in [-0.05, 0) is 186 Å². The summed E-state index contributed by atoms with van der Waals surface area (Å²) in [6.07, 6.45) is 0. The lowest BCUT2D eigenvalue weighted by Crippen LogP contribution is -2.13. The van der Waals surface area contributed by atoms with Gasteiger partial charge < -0.3 is 9.32 Å². The van der Waals surface area contributed by atoms with E-state index in [-0.39, 0.29) is 10.8 Å². The molecule has 10 aromatic rings. The van der Waals surface area contributed by atoms with Crippen molar-refractivity contribution < 1.29 is 4.42 Å². The van der Waals surface area contributed by atoms with Crippen molar-refractivity contribution >= 4 is 60.5 Å². The van der Waals surface area contributed by atoms with Gasteiger partial charge in [-0.1, -0.05) is 139 Å². The Balaban J connectivity index is 1.05. The Labute approximate surface area is 371 Å². The van der Waals surface area contributed by atoms with Crippen molar-refractivity contribution in [3.05, 3.63) is 186 Å². The predicted molar refractivity (Wildman–Crippen MR) is 270 cm³/mol. The van der Waals surface area contributed by atoms with Crippen molar-refractivity contribution in [3.63, 3.8) is 0 Å². The molecule has 0 aliphatic heterocycles. The van der Waals surface area contributed by atoms with E-state index in [4.69, 9.17) is 4.42 Å². The highest BCUT2D eigenvalue weighted by Gasteiger charge is 2.27. The minimum atomic E-state index is 0.0908. The van der Waals surface area contributed by atoms with E-state index in [2.05, 4.69) is 225 Å². The third-order valence-corrected chi connectivity index (χ3v) is 13.6. The van der Waals surface area contributed by atoms with Crippen LogP contribution in [0.4, 0.5) is 17.1 Å². The van der Waals surface area contributed by atoms with Crippen LogP contribution in [0.1, 0.15) is 69.4 Å². The molecular weight excluding hydrogens is 763 g/mol. The van der Waals surface area contributed by atoms with Gasteiger partial charge >= 0.3 is 0 Å². The molecule has 0 amide bonds. The van der Waals surface area contributed by atoms with Crippen molar-refractivity contribution in [2.75, 3.05) is 4.90 Å². The summed E-state index contributed by atoms with van der Waals surface area (Å²) in [4.78, 5) is 2.42. The molecule has 1 aliphatic rings. The molecule has 11 rings (SSSR count). The molecule has 0 fully saturated rings. The normalized spacial score (nSPS) is 12.5. The summed E-state index contributed by atoms with van der Waals surface area (Å²) in [6.45, 7) is 20.3. The van der Waals surface area contributed by atoms with Gasteiger partial charge in [0, 0.05) is 22.1 Å². The zero-order chi connectivity index (χ0) is 43.5. The molecule has 0 N–H and O–H groups in total. The number of aryl methyl sites for hydroxylation is 3. The van der Waals surface area contributed by atoms with Crippen molar-refractivity contribution in [3.8, 4) is 44.5 Å². The zero-order valence-corrected chi connectivity index (χ0v) is 37.9. The van der Waals surface area contributed by atoms with Crippen LogP contribution in [0.2, 0.25) is 0 Å². The Morgan fingerprint density at radius 3 is 1.49 bits per heavy atom. The summed E-state index contributed by atoms with van der Waals surface area (Å²) in [5, 5.41) is 7.23. The Bertz CT molecular complexity index is 3480. The lowest BCUT2D eigenvalue weighted by Gasteiger charge is -2.30. The second kappa shape index (κ2) is 14.1. The third-order valence-electron chi connectivity index (χ3n) is 13.6. The van der Waals surface area contributed by atoms with Gasteiger partial charge in [0.1, 0.15) is 5.58 Å². The lowest BCUT2D eigenvalue weighted by molar-refractivity contribution is 0.590. The van der Waals surface area contributed by atoms with Crippen LogP contribution in [-0.2, 0) is 10.8 Å². The van der Waals surface area contributed by atoms with E-state index >= 15 is 0 Å². The summed E-state index contributed by atoms with van der Waals surface area (Å²) < 4.78 is 6.73. The van der Waals surface area contributed by atoms with Crippen LogP contribution in [0.25, 0.3) is 88.0 Å². The topological polar surface area (TPSA) is 16.4 Å². The van der Waals surface area contributed by atoms with Crippen molar-refractivity contribution in [2.45, 2.75) is 73.1 Å². The van der Waals surface area contributed by atoms with Crippen LogP contribution in [0, 0.1) is 20.8 Å². The number of hydrogen-bond donors (Lipinski definition) is 0. The molecule has 1 aromatic heterocycles.